The minimum Gasteiger partial charge on any atom is -0.491 e. The summed E-state index contributed by atoms with van der Waals surface area (Å²) in [6.07, 6.45) is -1.22. The molecule has 0 bridgehead atoms. The molecule has 0 unspecified atom stereocenters. The first-order valence-electron chi connectivity index (χ1n) is 10.6. The van der Waals surface area contributed by atoms with Crippen LogP contribution in [0.2, 0.25) is 0 Å². The molecule has 8 nitrogen and oxygen atoms in total. The molecule has 2 aromatic carbocycles. The lowest BCUT2D eigenvalue weighted by Gasteiger charge is -2.36. The molecule has 1 aliphatic heterocycles. The van der Waals surface area contributed by atoms with Gasteiger partial charge in [0.15, 0.2) is 0 Å². The molecule has 2 aromatic rings. The monoisotopic (exact) mass is 436 g/mol. The number of hydrogen-bond donors (Lipinski definition) is 2. The van der Waals surface area contributed by atoms with Crippen LogP contribution in [0, 0.1) is 22.7 Å². The Bertz CT molecular complexity index is 836. The molecule has 0 aliphatic carbocycles. The Morgan fingerprint density at radius 1 is 0.688 bits per heavy atom. The Balaban J connectivity index is 1.30. The van der Waals surface area contributed by atoms with E-state index in [0.29, 0.717) is 35.7 Å². The fourth-order valence-corrected chi connectivity index (χ4v) is 3.49. The van der Waals surface area contributed by atoms with Crippen molar-refractivity contribution < 1.29 is 19.7 Å². The van der Waals surface area contributed by atoms with E-state index in [-0.39, 0.29) is 13.2 Å². The average Bonchev–Trinajstić information content (AvgIpc) is 2.83. The van der Waals surface area contributed by atoms with Crippen LogP contribution in [0.4, 0.5) is 0 Å². The molecule has 1 saturated heterocycles. The second-order valence-electron chi connectivity index (χ2n) is 7.80. The first-order chi connectivity index (χ1) is 15.6. The summed E-state index contributed by atoms with van der Waals surface area (Å²) in [7, 11) is 0. The lowest BCUT2D eigenvalue weighted by molar-refractivity contribution is 0.0240. The van der Waals surface area contributed by atoms with Crippen molar-refractivity contribution in [3.63, 3.8) is 0 Å². The number of aliphatic hydroxyl groups is 2. The molecule has 2 N–H and O–H groups in total. The minimum atomic E-state index is -0.608. The molecule has 0 radical (unpaired) electrons. The van der Waals surface area contributed by atoms with Crippen molar-refractivity contribution in [2.45, 2.75) is 12.2 Å². The SMILES string of the molecule is N#Cc1ccc(OC[C@@H](O)CN2CCN(C[C@H](O)COc3ccc(C#N)cc3)CC2)cc1. The zero-order valence-electron chi connectivity index (χ0n) is 17.9. The Labute approximate surface area is 188 Å². The Hall–Kier alpha value is -3.14. The molecule has 1 fully saturated rings. The van der Waals surface area contributed by atoms with Crippen LogP contribution >= 0.6 is 0 Å². The highest BCUT2D eigenvalue weighted by Crippen LogP contribution is 2.13. The maximum absolute atomic E-state index is 10.3. The van der Waals surface area contributed by atoms with E-state index < -0.39 is 12.2 Å². The summed E-state index contributed by atoms with van der Waals surface area (Å²) in [5.41, 5.74) is 1.14. The van der Waals surface area contributed by atoms with Gasteiger partial charge in [0, 0.05) is 39.3 Å². The van der Waals surface area contributed by atoms with Gasteiger partial charge in [0.2, 0.25) is 0 Å². The summed E-state index contributed by atoms with van der Waals surface area (Å²) in [5, 5.41) is 38.2. The summed E-state index contributed by atoms with van der Waals surface area (Å²) in [6.45, 7) is 4.64. The number of nitriles is 2. The quantitative estimate of drug-likeness (QED) is 0.572. The minimum absolute atomic E-state index is 0.192. The number of rotatable bonds is 10. The van der Waals surface area contributed by atoms with Gasteiger partial charge < -0.3 is 19.7 Å². The van der Waals surface area contributed by atoms with Gasteiger partial charge in [-0.15, -0.1) is 0 Å². The van der Waals surface area contributed by atoms with Crippen LogP contribution in [-0.4, -0.2) is 84.7 Å². The first-order valence-corrected chi connectivity index (χ1v) is 10.6. The predicted molar refractivity (Wildman–Crippen MR) is 118 cm³/mol. The highest BCUT2D eigenvalue weighted by atomic mass is 16.5. The largest absolute Gasteiger partial charge is 0.491 e. The molecule has 2 atom stereocenters. The molecular weight excluding hydrogens is 408 g/mol. The van der Waals surface area contributed by atoms with Crippen molar-refractivity contribution in [3.05, 3.63) is 59.7 Å². The fourth-order valence-electron chi connectivity index (χ4n) is 3.49. The molecule has 0 saturated carbocycles. The van der Waals surface area contributed by atoms with Gasteiger partial charge in [-0.2, -0.15) is 10.5 Å². The van der Waals surface area contributed by atoms with Gasteiger partial charge in [0.25, 0.3) is 0 Å². The number of hydrogen-bond acceptors (Lipinski definition) is 8. The van der Waals surface area contributed by atoms with Gasteiger partial charge in [-0.05, 0) is 48.5 Å². The van der Waals surface area contributed by atoms with Crippen molar-refractivity contribution in [1.82, 2.24) is 9.80 Å². The van der Waals surface area contributed by atoms with Gasteiger partial charge in [0.1, 0.15) is 36.9 Å². The zero-order valence-corrected chi connectivity index (χ0v) is 17.9. The van der Waals surface area contributed by atoms with E-state index >= 15 is 0 Å². The molecule has 0 spiro atoms. The van der Waals surface area contributed by atoms with Crippen LogP contribution in [0.25, 0.3) is 0 Å². The Morgan fingerprint density at radius 2 is 1.03 bits per heavy atom. The van der Waals surface area contributed by atoms with Crippen LogP contribution in [0.5, 0.6) is 11.5 Å². The number of benzene rings is 2. The van der Waals surface area contributed by atoms with Gasteiger partial charge in [-0.25, -0.2) is 0 Å². The zero-order chi connectivity index (χ0) is 22.8. The molecule has 8 heteroatoms. The lowest BCUT2D eigenvalue weighted by atomic mass is 10.2. The summed E-state index contributed by atoms with van der Waals surface area (Å²) in [4.78, 5) is 4.37. The normalized spacial score (nSPS) is 16.5. The molecule has 1 aliphatic rings. The number of piperazine rings is 1. The van der Waals surface area contributed by atoms with E-state index in [1.165, 1.54) is 0 Å². The fraction of sp³-hybridized carbons (Fsp3) is 0.417. The van der Waals surface area contributed by atoms with Crippen LogP contribution in [0.1, 0.15) is 11.1 Å². The second kappa shape index (κ2) is 12.0. The maximum atomic E-state index is 10.3. The summed E-state index contributed by atoms with van der Waals surface area (Å²) < 4.78 is 11.2. The number of ether oxygens (including phenoxy) is 2. The van der Waals surface area contributed by atoms with Crippen molar-refractivity contribution in [3.8, 4) is 23.6 Å². The van der Waals surface area contributed by atoms with Gasteiger partial charge in [-0.3, -0.25) is 9.80 Å². The third kappa shape index (κ3) is 7.52. The van der Waals surface area contributed by atoms with Crippen LogP contribution in [0.15, 0.2) is 48.5 Å². The Morgan fingerprint density at radius 3 is 1.34 bits per heavy atom. The number of nitrogens with zero attached hydrogens (tertiary/aromatic N) is 4. The van der Waals surface area contributed by atoms with E-state index in [2.05, 4.69) is 21.9 Å². The summed E-state index contributed by atoms with van der Waals surface area (Å²) in [6, 6.07) is 17.7. The van der Waals surface area contributed by atoms with E-state index in [4.69, 9.17) is 20.0 Å². The van der Waals surface area contributed by atoms with Crippen LogP contribution in [-0.2, 0) is 0 Å². The predicted octanol–water partition coefficient (Wildman–Crippen LogP) is 1.23. The topological polar surface area (TPSA) is 113 Å². The van der Waals surface area contributed by atoms with Gasteiger partial charge in [0.05, 0.1) is 23.3 Å². The Kier molecular flexibility index (Phi) is 8.85. The third-order valence-corrected chi connectivity index (χ3v) is 5.25. The molecule has 3 rings (SSSR count). The van der Waals surface area contributed by atoms with Crippen LogP contribution < -0.4 is 9.47 Å². The highest BCUT2D eigenvalue weighted by molar-refractivity contribution is 5.35. The van der Waals surface area contributed by atoms with E-state index in [1.54, 1.807) is 48.5 Å². The number of β-amino-alcohol motifs (C(OH)–C–C–N with tert-alkyl or cyclic N) is 2. The summed E-state index contributed by atoms with van der Waals surface area (Å²) >= 11 is 0. The van der Waals surface area contributed by atoms with Gasteiger partial charge in [-0.1, -0.05) is 0 Å². The smallest absolute Gasteiger partial charge is 0.119 e. The van der Waals surface area contributed by atoms with Crippen molar-refractivity contribution in [2.24, 2.45) is 0 Å². The highest BCUT2D eigenvalue weighted by Gasteiger charge is 2.21. The number of aliphatic hydroxyl groups excluding tert-OH is 2. The van der Waals surface area contributed by atoms with Gasteiger partial charge >= 0.3 is 0 Å². The molecule has 168 valence electrons. The molecule has 0 amide bonds. The maximum Gasteiger partial charge on any atom is 0.119 e. The van der Waals surface area contributed by atoms with E-state index in [9.17, 15) is 10.2 Å². The van der Waals surface area contributed by atoms with Crippen molar-refractivity contribution in [1.29, 1.82) is 10.5 Å². The first kappa shape index (κ1) is 23.5. The summed E-state index contributed by atoms with van der Waals surface area (Å²) in [5.74, 6) is 1.26. The molecule has 32 heavy (non-hydrogen) atoms. The van der Waals surface area contributed by atoms with E-state index in [0.717, 1.165) is 26.2 Å². The van der Waals surface area contributed by atoms with Crippen molar-refractivity contribution >= 4 is 0 Å². The molecule has 0 aromatic heterocycles. The lowest BCUT2D eigenvalue weighted by Crippen LogP contribution is -2.51. The standard InChI is InChI=1S/C24H28N4O4/c25-13-19-1-5-23(6-2-19)31-17-21(29)15-27-9-11-28(12-10-27)16-22(30)18-32-24-7-3-20(14-26)4-8-24/h1-8,21-22,29-30H,9-12,15-18H2/t21-,22-/m0/s1. The second-order valence-corrected chi connectivity index (χ2v) is 7.80. The van der Waals surface area contributed by atoms with Crippen LogP contribution in [0.3, 0.4) is 0 Å². The third-order valence-electron chi connectivity index (χ3n) is 5.25. The van der Waals surface area contributed by atoms with E-state index in [1.807, 2.05) is 0 Å². The van der Waals surface area contributed by atoms with Crippen molar-refractivity contribution in [2.75, 3.05) is 52.5 Å². The average molecular weight is 437 g/mol. The molecule has 1 heterocycles. The molecular formula is C24H28N4O4.